The average Bonchev–Trinajstić information content (AvgIpc) is 3.19. The van der Waals surface area contributed by atoms with Crippen molar-refractivity contribution >= 4 is 0 Å². The van der Waals surface area contributed by atoms with Crippen LogP contribution in [0, 0.1) is 0 Å². The highest BCUT2D eigenvalue weighted by molar-refractivity contribution is 5.63. The quantitative estimate of drug-likeness (QED) is 0.485. The minimum Gasteiger partial charge on any atom is -0.508 e. The van der Waals surface area contributed by atoms with Crippen molar-refractivity contribution in [3.8, 4) is 34.3 Å². The molecule has 0 fully saturated rings. The largest absolute Gasteiger partial charge is 0.508 e. The standard InChI is InChI=1S/C25H26N4O2/c1-28(2)16-19-5-4-6-21(15-19)24-26-25(20-9-13-23(31-3)14-10-20)29(27-24)17-18-7-11-22(30)12-8-18/h4-15,30H,16-17H2,1-3H3. The van der Waals surface area contributed by atoms with Crippen LogP contribution in [0.5, 0.6) is 11.5 Å². The average molecular weight is 415 g/mol. The van der Waals surface area contributed by atoms with Gasteiger partial charge < -0.3 is 14.7 Å². The maximum absolute atomic E-state index is 9.60. The molecule has 4 rings (SSSR count). The van der Waals surface area contributed by atoms with E-state index in [-0.39, 0.29) is 5.75 Å². The molecule has 0 unspecified atom stereocenters. The van der Waals surface area contributed by atoms with Gasteiger partial charge in [0, 0.05) is 17.7 Å². The van der Waals surface area contributed by atoms with E-state index in [1.54, 1.807) is 19.2 Å². The van der Waals surface area contributed by atoms with Gasteiger partial charge >= 0.3 is 0 Å². The number of ether oxygens (including phenoxy) is 1. The third kappa shape index (κ3) is 4.92. The number of rotatable bonds is 7. The zero-order valence-corrected chi connectivity index (χ0v) is 18.0. The molecule has 158 valence electrons. The molecule has 0 aliphatic carbocycles. The summed E-state index contributed by atoms with van der Waals surface area (Å²) in [5.74, 6) is 2.51. The first-order chi connectivity index (χ1) is 15.0. The van der Waals surface area contributed by atoms with Crippen molar-refractivity contribution < 1.29 is 9.84 Å². The molecule has 0 saturated carbocycles. The summed E-state index contributed by atoms with van der Waals surface area (Å²) in [6.07, 6.45) is 0. The van der Waals surface area contributed by atoms with Crippen molar-refractivity contribution in [2.24, 2.45) is 0 Å². The SMILES string of the molecule is COc1ccc(-c2nc(-c3cccc(CN(C)C)c3)nn2Cc2ccc(O)cc2)cc1. The van der Waals surface area contributed by atoms with Gasteiger partial charge in [-0.05, 0) is 67.7 Å². The van der Waals surface area contributed by atoms with Gasteiger partial charge in [-0.15, -0.1) is 0 Å². The molecule has 0 aliphatic heterocycles. The Kier molecular flexibility index (Phi) is 6.00. The lowest BCUT2D eigenvalue weighted by atomic mass is 10.1. The lowest BCUT2D eigenvalue weighted by molar-refractivity contribution is 0.402. The topological polar surface area (TPSA) is 63.4 Å². The molecule has 1 N–H and O–H groups in total. The summed E-state index contributed by atoms with van der Waals surface area (Å²) in [5.41, 5.74) is 4.19. The zero-order chi connectivity index (χ0) is 21.8. The monoisotopic (exact) mass is 414 g/mol. The summed E-state index contributed by atoms with van der Waals surface area (Å²) in [5, 5.41) is 14.4. The van der Waals surface area contributed by atoms with E-state index in [1.807, 2.05) is 53.2 Å². The fourth-order valence-corrected chi connectivity index (χ4v) is 3.48. The maximum atomic E-state index is 9.60. The van der Waals surface area contributed by atoms with Crippen LogP contribution in [0.25, 0.3) is 22.8 Å². The van der Waals surface area contributed by atoms with Crippen LogP contribution in [0.4, 0.5) is 0 Å². The number of phenols is 1. The number of aromatic nitrogens is 3. The molecule has 0 spiro atoms. The molecule has 0 radical (unpaired) electrons. The van der Waals surface area contributed by atoms with E-state index in [4.69, 9.17) is 14.8 Å². The van der Waals surface area contributed by atoms with Crippen molar-refractivity contribution in [1.82, 2.24) is 19.7 Å². The Balaban J connectivity index is 1.75. The van der Waals surface area contributed by atoms with Crippen molar-refractivity contribution in [3.05, 3.63) is 83.9 Å². The molecule has 0 aliphatic rings. The van der Waals surface area contributed by atoms with E-state index in [0.29, 0.717) is 12.4 Å². The molecule has 0 bridgehead atoms. The Morgan fingerprint density at radius 3 is 2.32 bits per heavy atom. The Morgan fingerprint density at radius 1 is 0.903 bits per heavy atom. The van der Waals surface area contributed by atoms with Crippen molar-refractivity contribution in [2.75, 3.05) is 21.2 Å². The number of aromatic hydroxyl groups is 1. The summed E-state index contributed by atoms with van der Waals surface area (Å²) in [6, 6.07) is 23.3. The van der Waals surface area contributed by atoms with Gasteiger partial charge in [0.1, 0.15) is 11.5 Å². The number of hydrogen-bond donors (Lipinski definition) is 1. The van der Waals surface area contributed by atoms with Gasteiger partial charge in [-0.1, -0.05) is 30.3 Å². The van der Waals surface area contributed by atoms with Crippen LogP contribution in [0.2, 0.25) is 0 Å². The second kappa shape index (κ2) is 9.02. The lowest BCUT2D eigenvalue weighted by Gasteiger charge is -2.09. The Bertz CT molecular complexity index is 1150. The summed E-state index contributed by atoms with van der Waals surface area (Å²) in [6.45, 7) is 1.40. The molecule has 0 amide bonds. The smallest absolute Gasteiger partial charge is 0.181 e. The molecule has 6 nitrogen and oxygen atoms in total. The first-order valence-corrected chi connectivity index (χ1v) is 10.1. The molecule has 31 heavy (non-hydrogen) atoms. The third-order valence-corrected chi connectivity index (χ3v) is 4.97. The van der Waals surface area contributed by atoms with E-state index in [9.17, 15) is 5.11 Å². The predicted octanol–water partition coefficient (Wildman–Crippen LogP) is 4.44. The molecule has 0 atom stereocenters. The van der Waals surface area contributed by atoms with Crippen LogP contribution in [-0.2, 0) is 13.1 Å². The first-order valence-electron chi connectivity index (χ1n) is 10.1. The summed E-state index contributed by atoms with van der Waals surface area (Å²) in [7, 11) is 5.76. The molecular weight excluding hydrogens is 388 g/mol. The minimum atomic E-state index is 0.246. The Hall–Kier alpha value is -3.64. The third-order valence-electron chi connectivity index (χ3n) is 4.97. The fourth-order valence-electron chi connectivity index (χ4n) is 3.48. The van der Waals surface area contributed by atoms with Crippen molar-refractivity contribution in [2.45, 2.75) is 13.1 Å². The second-order valence-corrected chi connectivity index (χ2v) is 7.75. The zero-order valence-electron chi connectivity index (χ0n) is 18.0. The number of phenolic OH excluding ortho intramolecular Hbond substituents is 1. The van der Waals surface area contributed by atoms with E-state index in [1.165, 1.54) is 5.56 Å². The molecule has 3 aromatic carbocycles. The van der Waals surface area contributed by atoms with Crippen molar-refractivity contribution in [1.29, 1.82) is 0 Å². The van der Waals surface area contributed by atoms with Gasteiger partial charge in [-0.25, -0.2) is 9.67 Å². The summed E-state index contributed by atoms with van der Waals surface area (Å²) in [4.78, 5) is 7.03. The van der Waals surface area contributed by atoms with Gasteiger partial charge in [0.05, 0.1) is 13.7 Å². The van der Waals surface area contributed by atoms with E-state index < -0.39 is 0 Å². The van der Waals surface area contributed by atoms with Gasteiger partial charge in [-0.3, -0.25) is 0 Å². The normalized spacial score (nSPS) is 11.1. The van der Waals surface area contributed by atoms with Crippen LogP contribution < -0.4 is 4.74 Å². The molecular formula is C25H26N4O2. The lowest BCUT2D eigenvalue weighted by Crippen LogP contribution is -2.10. The minimum absolute atomic E-state index is 0.246. The number of nitrogens with zero attached hydrogens (tertiary/aromatic N) is 4. The Labute approximate surface area is 182 Å². The molecule has 4 aromatic rings. The van der Waals surface area contributed by atoms with Crippen LogP contribution in [-0.4, -0.2) is 46.0 Å². The summed E-state index contributed by atoms with van der Waals surface area (Å²) >= 11 is 0. The second-order valence-electron chi connectivity index (χ2n) is 7.75. The van der Waals surface area contributed by atoms with E-state index in [0.717, 1.165) is 34.8 Å². The highest BCUT2D eigenvalue weighted by atomic mass is 16.5. The van der Waals surface area contributed by atoms with Crippen molar-refractivity contribution in [3.63, 3.8) is 0 Å². The van der Waals surface area contributed by atoms with E-state index in [2.05, 4.69) is 31.1 Å². The van der Waals surface area contributed by atoms with Crippen LogP contribution >= 0.6 is 0 Å². The summed E-state index contributed by atoms with van der Waals surface area (Å²) < 4.78 is 7.20. The van der Waals surface area contributed by atoms with Crippen LogP contribution in [0.15, 0.2) is 72.8 Å². The predicted molar refractivity (Wildman–Crippen MR) is 122 cm³/mol. The highest BCUT2D eigenvalue weighted by Crippen LogP contribution is 2.26. The van der Waals surface area contributed by atoms with Gasteiger partial charge in [0.2, 0.25) is 0 Å². The van der Waals surface area contributed by atoms with E-state index >= 15 is 0 Å². The number of benzene rings is 3. The van der Waals surface area contributed by atoms with Crippen LogP contribution in [0.3, 0.4) is 0 Å². The van der Waals surface area contributed by atoms with Crippen LogP contribution in [0.1, 0.15) is 11.1 Å². The molecule has 6 heteroatoms. The van der Waals surface area contributed by atoms with Gasteiger partial charge in [-0.2, -0.15) is 5.10 Å². The number of methoxy groups -OCH3 is 1. The fraction of sp³-hybridized carbons (Fsp3) is 0.200. The van der Waals surface area contributed by atoms with Gasteiger partial charge in [0.25, 0.3) is 0 Å². The molecule has 0 saturated heterocycles. The first kappa shape index (κ1) is 20.6. The highest BCUT2D eigenvalue weighted by Gasteiger charge is 2.15. The Morgan fingerprint density at radius 2 is 1.65 bits per heavy atom. The molecule has 1 aromatic heterocycles. The number of hydrogen-bond acceptors (Lipinski definition) is 5. The maximum Gasteiger partial charge on any atom is 0.181 e. The molecule has 1 heterocycles. The van der Waals surface area contributed by atoms with Gasteiger partial charge in [0.15, 0.2) is 11.6 Å².